The van der Waals surface area contributed by atoms with Gasteiger partial charge in [-0.15, -0.1) is 5.10 Å². The van der Waals surface area contributed by atoms with Crippen molar-refractivity contribution < 1.29 is 45.5 Å². The Kier molecular flexibility index (Phi) is 12.3. The molecule has 5 aromatic rings. The van der Waals surface area contributed by atoms with E-state index in [-0.39, 0.29) is 116 Å². The van der Waals surface area contributed by atoms with Gasteiger partial charge in [0, 0.05) is 95.5 Å². The first-order chi connectivity index (χ1) is 32.1. The third kappa shape index (κ3) is 8.85. The number of H-pyrrole nitrogens is 1. The van der Waals surface area contributed by atoms with Crippen LogP contribution in [-0.2, 0) is 20.9 Å². The largest absolute Gasteiger partial charge is 0.367 e. The van der Waals surface area contributed by atoms with Crippen molar-refractivity contribution in [1.82, 2.24) is 40.0 Å². The molecule has 3 saturated heterocycles. The zero-order valence-corrected chi connectivity index (χ0v) is 36.8. The number of carbonyl (C=O) groups excluding carboxylic acids is 4. The molecule has 3 aromatic carbocycles. The first kappa shape index (κ1) is 45.5. The number of nitrogens with zero attached hydrogens (tertiary/aromatic N) is 8. The van der Waals surface area contributed by atoms with Crippen LogP contribution < -0.4 is 15.1 Å². The Morgan fingerprint density at radius 3 is 2.33 bits per heavy atom. The molecular weight excluding hydrogens is 883 g/mol. The number of rotatable bonds is 10. The summed E-state index contributed by atoms with van der Waals surface area (Å²) >= 11 is 0. The maximum atomic E-state index is 16.6. The predicted octanol–water partition coefficient (Wildman–Crippen LogP) is 5.95. The molecular formula is C47H48F6N10O4. The summed E-state index contributed by atoms with van der Waals surface area (Å²) < 4.78 is 98.4. The van der Waals surface area contributed by atoms with Crippen LogP contribution in [0.25, 0.3) is 27.6 Å². The second-order valence-corrected chi connectivity index (χ2v) is 17.7. The molecule has 14 nitrogen and oxygen atoms in total. The number of amides is 4. The van der Waals surface area contributed by atoms with Crippen LogP contribution in [0, 0.1) is 23.3 Å². The fourth-order valence-corrected chi connectivity index (χ4v) is 9.80. The van der Waals surface area contributed by atoms with Crippen molar-refractivity contribution in [1.29, 1.82) is 0 Å². The van der Waals surface area contributed by atoms with Crippen LogP contribution in [0.5, 0.6) is 0 Å². The molecule has 4 aliphatic rings. The Balaban J connectivity index is 0.912. The maximum absolute atomic E-state index is 16.6. The van der Waals surface area contributed by atoms with Gasteiger partial charge in [0.15, 0.2) is 17.5 Å². The molecule has 0 radical (unpaired) electrons. The lowest BCUT2D eigenvalue weighted by Crippen LogP contribution is -2.62. The number of alkyl halides is 2. The molecule has 4 amide bonds. The topological polar surface area (TPSA) is 143 Å². The smallest absolute Gasteiger partial charge is 0.280 e. The third-order valence-electron chi connectivity index (χ3n) is 13.3. The van der Waals surface area contributed by atoms with E-state index in [0.717, 1.165) is 6.07 Å². The molecule has 2 aromatic heterocycles. The molecule has 6 heterocycles. The van der Waals surface area contributed by atoms with Crippen molar-refractivity contribution >= 4 is 51.5 Å². The van der Waals surface area contributed by atoms with Gasteiger partial charge in [0.2, 0.25) is 17.7 Å². The number of carbonyl (C=O) groups is 4. The molecule has 9 rings (SSSR count). The second kappa shape index (κ2) is 18.2. The van der Waals surface area contributed by atoms with Gasteiger partial charge in [0.25, 0.3) is 11.8 Å². The highest BCUT2D eigenvalue weighted by Gasteiger charge is 2.48. The molecule has 1 unspecified atom stereocenters. The first-order valence-corrected chi connectivity index (χ1v) is 22.2. The van der Waals surface area contributed by atoms with Crippen molar-refractivity contribution in [3.63, 3.8) is 0 Å². The Morgan fingerprint density at radius 1 is 0.851 bits per heavy atom. The van der Waals surface area contributed by atoms with Crippen LogP contribution in [0.1, 0.15) is 59.6 Å². The lowest BCUT2D eigenvalue weighted by Gasteiger charge is -2.47. The molecule has 352 valence electrons. The highest BCUT2D eigenvalue weighted by atomic mass is 19.3. The van der Waals surface area contributed by atoms with Crippen molar-refractivity contribution in [3.8, 4) is 11.1 Å². The minimum absolute atomic E-state index is 0.00338. The van der Waals surface area contributed by atoms with Gasteiger partial charge in [-0.05, 0) is 72.4 Å². The average molecular weight is 931 g/mol. The van der Waals surface area contributed by atoms with Crippen molar-refractivity contribution in [2.24, 2.45) is 0 Å². The minimum atomic E-state index is -3.26. The van der Waals surface area contributed by atoms with Crippen molar-refractivity contribution in [2.75, 3.05) is 76.3 Å². The SMILES string of the molecule is CN(C)C(=O)c1cc2c(-c3ccc(N4CCN([C@@H]5CCN(c6ccc(C7CCC(=O)NC7=O)cc6F)CC5(F)F)CC4)c(F)c3F)cc(C3=CCCN(C(=O)CCn4ccnn4)C3)c(F)c2[nH]1. The standard InChI is InChI=1S/C47H48F6N10O4/c1-58(2)46(67)35-24-33-32(23-31(42(50)44(33)55-35)28-4-3-14-61(25-28)40(65)12-16-63-17-13-54-57-63)30-6-9-37(43(51)41(30)49)59-18-20-60(21-19-59)38-11-15-62(26-47(38,52)53)36-8-5-27(22-34(36)48)29-7-10-39(64)56-45(29)66/h4-6,8-9,13,17,22-24,29,38,55H,3,7,10-12,14-16,18-21,25-26H2,1-2H3,(H,56,64,66)/t29?,38-/m1/s1. The molecule has 0 aliphatic carbocycles. The van der Waals surface area contributed by atoms with Crippen LogP contribution in [0.2, 0.25) is 0 Å². The fourth-order valence-electron chi connectivity index (χ4n) is 9.80. The third-order valence-corrected chi connectivity index (χ3v) is 13.3. The number of piperidine rings is 2. The summed E-state index contributed by atoms with van der Waals surface area (Å²) in [6, 6.07) is 8.48. The number of imide groups is 1. The average Bonchev–Trinajstić information content (AvgIpc) is 4.01. The van der Waals surface area contributed by atoms with E-state index < -0.39 is 65.4 Å². The zero-order valence-electron chi connectivity index (χ0n) is 36.8. The molecule has 0 saturated carbocycles. The first-order valence-electron chi connectivity index (χ1n) is 22.2. The second-order valence-electron chi connectivity index (χ2n) is 17.7. The summed E-state index contributed by atoms with van der Waals surface area (Å²) in [5.41, 5.74) is 0.623. The van der Waals surface area contributed by atoms with E-state index in [4.69, 9.17) is 0 Å². The zero-order chi connectivity index (χ0) is 47.3. The number of nitrogens with one attached hydrogen (secondary N) is 2. The van der Waals surface area contributed by atoms with E-state index in [0.29, 0.717) is 30.6 Å². The number of piperazine rings is 1. The number of benzene rings is 3. The molecule has 4 aliphatic heterocycles. The Labute approximate surface area is 381 Å². The van der Waals surface area contributed by atoms with Gasteiger partial charge < -0.3 is 24.6 Å². The van der Waals surface area contributed by atoms with E-state index in [2.05, 4.69) is 20.6 Å². The predicted molar refractivity (Wildman–Crippen MR) is 236 cm³/mol. The summed E-state index contributed by atoms with van der Waals surface area (Å²) in [4.78, 5) is 60.4. The van der Waals surface area contributed by atoms with Crippen LogP contribution in [0.4, 0.5) is 37.7 Å². The van der Waals surface area contributed by atoms with Crippen LogP contribution >= 0.6 is 0 Å². The van der Waals surface area contributed by atoms with E-state index in [1.54, 1.807) is 27.0 Å². The van der Waals surface area contributed by atoms with Crippen LogP contribution in [0.3, 0.4) is 0 Å². The number of aryl methyl sites for hydroxylation is 1. The summed E-state index contributed by atoms with van der Waals surface area (Å²) in [5, 5.41) is 10.0. The van der Waals surface area contributed by atoms with E-state index in [1.807, 2.05) is 0 Å². The number of aromatic nitrogens is 4. The van der Waals surface area contributed by atoms with Crippen LogP contribution in [0.15, 0.2) is 60.9 Å². The Hall–Kier alpha value is -6.70. The molecule has 20 heteroatoms. The van der Waals surface area contributed by atoms with Gasteiger partial charge in [-0.2, -0.15) is 0 Å². The summed E-state index contributed by atoms with van der Waals surface area (Å²) in [5.74, 6) is -9.44. The minimum Gasteiger partial charge on any atom is -0.367 e. The molecule has 0 spiro atoms. The lowest BCUT2D eigenvalue weighted by atomic mass is 9.90. The Morgan fingerprint density at radius 2 is 1.63 bits per heavy atom. The van der Waals surface area contributed by atoms with Gasteiger partial charge in [0.05, 0.1) is 48.1 Å². The highest BCUT2D eigenvalue weighted by Crippen LogP contribution is 2.41. The quantitative estimate of drug-likeness (QED) is 0.129. The maximum Gasteiger partial charge on any atom is 0.280 e. The summed E-state index contributed by atoms with van der Waals surface area (Å²) in [6.07, 6.45) is 5.83. The monoisotopic (exact) mass is 930 g/mol. The van der Waals surface area contributed by atoms with Gasteiger partial charge in [-0.3, -0.25) is 34.1 Å². The van der Waals surface area contributed by atoms with Gasteiger partial charge in [0.1, 0.15) is 11.5 Å². The van der Waals surface area contributed by atoms with E-state index in [1.165, 1.54) is 71.2 Å². The molecule has 0 bridgehead atoms. The normalized spacial score (nSPS) is 20.3. The van der Waals surface area contributed by atoms with Gasteiger partial charge >= 0.3 is 0 Å². The molecule has 3 fully saturated rings. The highest BCUT2D eigenvalue weighted by molar-refractivity contribution is 6.05. The molecule has 2 atom stereocenters. The number of hydrogen-bond acceptors (Lipinski definition) is 9. The van der Waals surface area contributed by atoms with Gasteiger partial charge in [-0.1, -0.05) is 17.4 Å². The van der Waals surface area contributed by atoms with Crippen molar-refractivity contribution in [2.45, 2.75) is 56.5 Å². The van der Waals surface area contributed by atoms with Crippen LogP contribution in [-0.4, -0.2) is 137 Å². The number of aromatic amines is 1. The van der Waals surface area contributed by atoms with E-state index in [9.17, 15) is 19.2 Å². The van der Waals surface area contributed by atoms with Gasteiger partial charge in [-0.25, -0.2) is 26.3 Å². The van der Waals surface area contributed by atoms with E-state index >= 15 is 26.3 Å². The number of fused-ring (bicyclic) bond motifs is 1. The summed E-state index contributed by atoms with van der Waals surface area (Å²) in [7, 11) is 3.05. The number of halogens is 6. The molecule has 2 N–H and O–H groups in total. The Bertz CT molecular complexity index is 2790. The fraction of sp³-hybridized carbons (Fsp3) is 0.404. The summed E-state index contributed by atoms with van der Waals surface area (Å²) in [6.45, 7) is 0.541. The number of anilines is 2. The molecule has 67 heavy (non-hydrogen) atoms. The number of hydrogen-bond donors (Lipinski definition) is 2. The lowest BCUT2D eigenvalue weighted by molar-refractivity contribution is -0.134. The van der Waals surface area contributed by atoms with Crippen molar-refractivity contribution in [3.05, 3.63) is 101 Å².